The summed E-state index contributed by atoms with van der Waals surface area (Å²) in [6.07, 6.45) is 0. The molecule has 46 heavy (non-hydrogen) atoms. The van der Waals surface area contributed by atoms with Gasteiger partial charge in [-0.1, -0.05) is 119 Å². The van der Waals surface area contributed by atoms with E-state index < -0.39 is 11.8 Å². The summed E-state index contributed by atoms with van der Waals surface area (Å²) in [7, 11) is 0. The molecular formula is C40H50N2O4. The second kappa shape index (κ2) is 11.8. The van der Waals surface area contributed by atoms with Crippen LogP contribution in [0.2, 0.25) is 0 Å². The van der Waals surface area contributed by atoms with Crippen LogP contribution in [0, 0.1) is 0 Å². The van der Waals surface area contributed by atoms with Gasteiger partial charge in [0, 0.05) is 16.5 Å². The van der Waals surface area contributed by atoms with Gasteiger partial charge in [0.15, 0.2) is 0 Å². The van der Waals surface area contributed by atoms with E-state index in [1.165, 1.54) is 0 Å². The summed E-state index contributed by atoms with van der Waals surface area (Å²) in [5.74, 6) is -0.993. The number of nitrogens with one attached hydrogen (secondary N) is 2. The van der Waals surface area contributed by atoms with Gasteiger partial charge in [-0.3, -0.25) is 9.59 Å². The van der Waals surface area contributed by atoms with Gasteiger partial charge in [0.1, 0.15) is 11.5 Å². The van der Waals surface area contributed by atoms with Crippen LogP contribution in [-0.4, -0.2) is 22.0 Å². The first-order chi connectivity index (χ1) is 21.0. The van der Waals surface area contributed by atoms with Gasteiger partial charge in [0.05, 0.1) is 22.5 Å². The Morgan fingerprint density at radius 1 is 0.522 bits per heavy atom. The summed E-state index contributed by atoms with van der Waals surface area (Å²) in [5.41, 5.74) is 3.36. The SMILES string of the molecule is CC(C)(C)c1cc(C(=O)Nc2cccc3cccc(NC(=O)c4cc(C(C)(C)C)cc(C(C)(C)C)c4O)c23)c(O)c(C(C)(C)C)c1. The zero-order chi connectivity index (χ0) is 34.6. The van der Waals surface area contributed by atoms with Crippen molar-refractivity contribution in [1.82, 2.24) is 0 Å². The molecule has 6 heteroatoms. The molecule has 4 rings (SSSR count). The number of carbonyl (C=O) groups excluding carboxylic acids is 2. The van der Waals surface area contributed by atoms with Crippen LogP contribution in [0.1, 0.15) is 126 Å². The smallest absolute Gasteiger partial charge is 0.259 e. The maximum atomic E-state index is 13.9. The van der Waals surface area contributed by atoms with E-state index in [0.717, 1.165) is 16.5 Å². The number of hydrogen-bond acceptors (Lipinski definition) is 4. The predicted octanol–water partition coefficient (Wildman–Crippen LogP) is 9.95. The Morgan fingerprint density at radius 3 is 1.17 bits per heavy atom. The lowest BCUT2D eigenvalue weighted by Crippen LogP contribution is -2.21. The molecule has 244 valence electrons. The van der Waals surface area contributed by atoms with Crippen molar-refractivity contribution in [2.24, 2.45) is 0 Å². The van der Waals surface area contributed by atoms with Crippen molar-refractivity contribution in [3.05, 3.63) is 94.0 Å². The minimum atomic E-state index is -0.451. The highest BCUT2D eigenvalue weighted by Gasteiger charge is 2.29. The fourth-order valence-corrected chi connectivity index (χ4v) is 5.55. The molecule has 0 aliphatic heterocycles. The lowest BCUT2D eigenvalue weighted by molar-refractivity contribution is 0.101. The number of fused-ring (bicyclic) bond motifs is 1. The Hall–Kier alpha value is -4.32. The zero-order valence-corrected chi connectivity index (χ0v) is 29.5. The van der Waals surface area contributed by atoms with E-state index >= 15 is 0 Å². The van der Waals surface area contributed by atoms with E-state index in [-0.39, 0.29) is 44.3 Å². The van der Waals surface area contributed by atoms with Crippen LogP contribution >= 0.6 is 0 Å². The predicted molar refractivity (Wildman–Crippen MR) is 191 cm³/mol. The van der Waals surface area contributed by atoms with Crippen molar-refractivity contribution in [2.75, 3.05) is 10.6 Å². The Bertz CT molecular complexity index is 1690. The second-order valence-electron chi connectivity index (χ2n) is 16.5. The molecule has 0 fully saturated rings. The molecule has 0 atom stereocenters. The molecule has 4 aromatic carbocycles. The van der Waals surface area contributed by atoms with Crippen molar-refractivity contribution in [1.29, 1.82) is 0 Å². The lowest BCUT2D eigenvalue weighted by Gasteiger charge is -2.27. The highest BCUT2D eigenvalue weighted by molar-refractivity contribution is 6.17. The maximum absolute atomic E-state index is 13.9. The molecule has 4 N–H and O–H groups in total. The number of phenolic OH excluding ortho intramolecular Hbond substituents is 2. The first kappa shape index (κ1) is 34.6. The van der Waals surface area contributed by atoms with Crippen LogP contribution in [-0.2, 0) is 21.7 Å². The molecule has 0 aliphatic rings. The topological polar surface area (TPSA) is 98.7 Å². The molecule has 0 radical (unpaired) electrons. The summed E-state index contributed by atoms with van der Waals surface area (Å²) in [5, 5.41) is 30.1. The first-order valence-electron chi connectivity index (χ1n) is 15.9. The quantitative estimate of drug-likeness (QED) is 0.182. The molecule has 0 aliphatic carbocycles. The molecule has 0 heterocycles. The van der Waals surface area contributed by atoms with Crippen LogP contribution < -0.4 is 10.6 Å². The van der Waals surface area contributed by atoms with Crippen LogP contribution in [0.15, 0.2) is 60.7 Å². The van der Waals surface area contributed by atoms with Gasteiger partial charge in [-0.2, -0.15) is 0 Å². The van der Waals surface area contributed by atoms with Gasteiger partial charge >= 0.3 is 0 Å². The third-order valence-electron chi connectivity index (χ3n) is 8.46. The molecule has 0 bridgehead atoms. The van der Waals surface area contributed by atoms with Gasteiger partial charge < -0.3 is 20.8 Å². The molecule has 6 nitrogen and oxygen atoms in total. The van der Waals surface area contributed by atoms with Crippen molar-refractivity contribution >= 4 is 34.0 Å². The monoisotopic (exact) mass is 622 g/mol. The molecule has 0 unspecified atom stereocenters. The standard InChI is InChI=1S/C40H50N2O4/c1-37(2,3)24-19-26(33(43)28(21-24)39(7,8)9)35(45)41-30-17-13-15-23-16-14-18-31(32(23)30)42-36(46)27-20-25(38(4,5)6)22-29(34(27)44)40(10,11)12/h13-22,43-44H,1-12H3,(H,41,45)(H,42,46). The van der Waals surface area contributed by atoms with Crippen molar-refractivity contribution in [2.45, 2.75) is 105 Å². The molecule has 0 aromatic heterocycles. The van der Waals surface area contributed by atoms with E-state index in [2.05, 4.69) is 52.2 Å². The van der Waals surface area contributed by atoms with E-state index in [1.54, 1.807) is 24.3 Å². The summed E-state index contributed by atoms with van der Waals surface area (Å²) in [4.78, 5) is 27.8. The Balaban J connectivity index is 1.81. The number of rotatable bonds is 4. The Labute approximate surface area is 274 Å². The molecule has 0 saturated heterocycles. The van der Waals surface area contributed by atoms with E-state index in [0.29, 0.717) is 27.9 Å². The molecule has 4 aromatic rings. The largest absolute Gasteiger partial charge is 0.507 e. The Kier molecular flexibility index (Phi) is 8.86. The van der Waals surface area contributed by atoms with Crippen molar-refractivity contribution in [3.63, 3.8) is 0 Å². The fourth-order valence-electron chi connectivity index (χ4n) is 5.55. The van der Waals surface area contributed by atoms with E-state index in [1.807, 2.05) is 77.9 Å². The van der Waals surface area contributed by atoms with Gasteiger partial charge in [0.2, 0.25) is 0 Å². The van der Waals surface area contributed by atoms with Gasteiger partial charge in [-0.25, -0.2) is 0 Å². The zero-order valence-electron chi connectivity index (χ0n) is 29.5. The summed E-state index contributed by atoms with van der Waals surface area (Å²) in [6.45, 7) is 24.5. The number of hydrogen-bond donors (Lipinski definition) is 4. The first-order valence-corrected chi connectivity index (χ1v) is 15.9. The summed E-state index contributed by atoms with van der Waals surface area (Å²) in [6, 6.07) is 18.5. The van der Waals surface area contributed by atoms with E-state index in [9.17, 15) is 19.8 Å². The molecule has 0 saturated carbocycles. The minimum Gasteiger partial charge on any atom is -0.507 e. The molecular weight excluding hydrogens is 572 g/mol. The van der Waals surface area contributed by atoms with Gasteiger partial charge in [-0.05, 0) is 62.4 Å². The number of aromatic hydroxyl groups is 2. The third-order valence-corrected chi connectivity index (χ3v) is 8.46. The van der Waals surface area contributed by atoms with Crippen molar-refractivity contribution < 1.29 is 19.8 Å². The maximum Gasteiger partial charge on any atom is 0.259 e. The van der Waals surface area contributed by atoms with Crippen LogP contribution in [0.4, 0.5) is 11.4 Å². The normalized spacial score (nSPS) is 12.7. The van der Waals surface area contributed by atoms with Crippen LogP contribution in [0.5, 0.6) is 11.5 Å². The fraction of sp³-hybridized carbons (Fsp3) is 0.400. The number of benzene rings is 4. The summed E-state index contributed by atoms with van der Waals surface area (Å²) < 4.78 is 0. The number of carbonyl (C=O) groups is 2. The number of phenols is 2. The Morgan fingerprint density at radius 2 is 0.870 bits per heavy atom. The lowest BCUT2D eigenvalue weighted by atomic mass is 9.79. The number of amides is 2. The highest BCUT2D eigenvalue weighted by atomic mass is 16.3. The van der Waals surface area contributed by atoms with Crippen LogP contribution in [0.3, 0.4) is 0 Å². The van der Waals surface area contributed by atoms with E-state index in [4.69, 9.17) is 0 Å². The average Bonchev–Trinajstić information content (AvgIpc) is 2.90. The van der Waals surface area contributed by atoms with Crippen molar-refractivity contribution in [3.8, 4) is 11.5 Å². The highest BCUT2D eigenvalue weighted by Crippen LogP contribution is 2.40. The van der Waals surface area contributed by atoms with Crippen LogP contribution in [0.25, 0.3) is 10.8 Å². The average molecular weight is 623 g/mol. The summed E-state index contributed by atoms with van der Waals surface area (Å²) >= 11 is 0. The third kappa shape index (κ3) is 7.06. The number of anilines is 2. The second-order valence-corrected chi connectivity index (χ2v) is 16.5. The van der Waals surface area contributed by atoms with Gasteiger partial charge in [-0.15, -0.1) is 0 Å². The molecule has 2 amide bonds. The molecule has 0 spiro atoms. The minimum absolute atomic E-state index is 0.0457. The van der Waals surface area contributed by atoms with Gasteiger partial charge in [0.25, 0.3) is 11.8 Å².